The van der Waals surface area contributed by atoms with Crippen molar-refractivity contribution in [1.82, 2.24) is 10.6 Å². The van der Waals surface area contributed by atoms with E-state index < -0.39 is 5.97 Å². The van der Waals surface area contributed by atoms with Crippen molar-refractivity contribution in [1.29, 1.82) is 0 Å². The van der Waals surface area contributed by atoms with Crippen molar-refractivity contribution in [3.63, 3.8) is 0 Å². The molecule has 0 bridgehead atoms. The van der Waals surface area contributed by atoms with Crippen LogP contribution in [0, 0.1) is 0 Å². The Balaban J connectivity index is 2.04. The molecule has 1 aliphatic rings. The summed E-state index contributed by atoms with van der Waals surface area (Å²) in [4.78, 5) is 21.4. The van der Waals surface area contributed by atoms with E-state index in [-0.39, 0.29) is 12.6 Å². The zero-order valence-corrected chi connectivity index (χ0v) is 6.92. The number of methoxy groups -OCH3 is 1. The third-order valence-corrected chi connectivity index (χ3v) is 1.53. The minimum Gasteiger partial charge on any atom is -0.468 e. The molecular weight excluding hydrogens is 160 g/mol. The van der Waals surface area contributed by atoms with Gasteiger partial charge >= 0.3 is 12.0 Å². The normalized spacial score (nSPS) is 15.1. The largest absolute Gasteiger partial charge is 0.468 e. The number of hydrogen-bond acceptors (Lipinski definition) is 3. The smallest absolute Gasteiger partial charge is 0.325 e. The van der Waals surface area contributed by atoms with Crippen LogP contribution in [0.4, 0.5) is 4.79 Å². The minimum atomic E-state index is -0.444. The van der Waals surface area contributed by atoms with Gasteiger partial charge in [0.25, 0.3) is 0 Å². The summed E-state index contributed by atoms with van der Waals surface area (Å²) in [7, 11) is 1.28. The van der Waals surface area contributed by atoms with Crippen LogP contribution in [0.25, 0.3) is 0 Å². The molecule has 0 unspecified atom stereocenters. The summed E-state index contributed by atoms with van der Waals surface area (Å²) < 4.78 is 4.34. The molecule has 2 amide bonds. The molecule has 0 spiro atoms. The lowest BCUT2D eigenvalue weighted by Crippen LogP contribution is -2.39. The molecule has 1 fully saturated rings. The first-order valence-corrected chi connectivity index (χ1v) is 3.83. The van der Waals surface area contributed by atoms with Gasteiger partial charge in [0.1, 0.15) is 6.54 Å². The van der Waals surface area contributed by atoms with Crippen molar-refractivity contribution in [3.05, 3.63) is 0 Å². The van der Waals surface area contributed by atoms with Gasteiger partial charge in [0.05, 0.1) is 7.11 Å². The molecular formula is C7H12N2O3. The van der Waals surface area contributed by atoms with Gasteiger partial charge in [-0.05, 0) is 12.8 Å². The highest BCUT2D eigenvalue weighted by atomic mass is 16.5. The summed E-state index contributed by atoms with van der Waals surface area (Å²) in [6.45, 7) is -0.0744. The van der Waals surface area contributed by atoms with E-state index >= 15 is 0 Å². The number of nitrogens with one attached hydrogen (secondary N) is 2. The lowest BCUT2D eigenvalue weighted by atomic mass is 10.6. The van der Waals surface area contributed by atoms with Gasteiger partial charge in [0.15, 0.2) is 0 Å². The van der Waals surface area contributed by atoms with Crippen LogP contribution in [-0.2, 0) is 9.53 Å². The Kier molecular flexibility index (Phi) is 2.90. The molecule has 0 aromatic carbocycles. The Hall–Kier alpha value is -1.26. The van der Waals surface area contributed by atoms with Crippen molar-refractivity contribution in [3.8, 4) is 0 Å². The summed E-state index contributed by atoms with van der Waals surface area (Å²) >= 11 is 0. The monoisotopic (exact) mass is 172 g/mol. The van der Waals surface area contributed by atoms with Crippen LogP contribution in [0.3, 0.4) is 0 Å². The number of ether oxygens (including phenoxy) is 1. The third kappa shape index (κ3) is 3.23. The van der Waals surface area contributed by atoms with Crippen LogP contribution >= 0.6 is 0 Å². The van der Waals surface area contributed by atoms with Gasteiger partial charge in [-0.15, -0.1) is 0 Å². The highest BCUT2D eigenvalue weighted by molar-refractivity contribution is 5.80. The standard InChI is InChI=1S/C7H12N2O3/c1-12-6(10)4-8-7(11)9-5-2-3-5/h5H,2-4H2,1H3,(H2,8,9,11). The quantitative estimate of drug-likeness (QED) is 0.570. The summed E-state index contributed by atoms with van der Waals surface area (Å²) in [6, 6.07) is 0.00514. The van der Waals surface area contributed by atoms with Crippen molar-refractivity contribution < 1.29 is 14.3 Å². The Labute approximate surface area is 70.5 Å². The molecule has 0 atom stereocenters. The molecule has 0 radical (unpaired) electrons. The first kappa shape index (κ1) is 8.83. The van der Waals surface area contributed by atoms with E-state index in [1.54, 1.807) is 0 Å². The molecule has 0 heterocycles. The van der Waals surface area contributed by atoms with Gasteiger partial charge in [-0.3, -0.25) is 4.79 Å². The topological polar surface area (TPSA) is 67.4 Å². The van der Waals surface area contributed by atoms with Crippen LogP contribution in [-0.4, -0.2) is 31.7 Å². The fourth-order valence-corrected chi connectivity index (χ4v) is 0.689. The van der Waals surface area contributed by atoms with Crippen LogP contribution in [0.2, 0.25) is 0 Å². The predicted molar refractivity (Wildman–Crippen MR) is 41.6 cm³/mol. The maximum Gasteiger partial charge on any atom is 0.325 e. The molecule has 0 aromatic rings. The summed E-state index contributed by atoms with van der Waals surface area (Å²) in [5.74, 6) is -0.444. The van der Waals surface area contributed by atoms with Crippen LogP contribution in [0.5, 0.6) is 0 Å². The number of rotatable bonds is 3. The van der Waals surface area contributed by atoms with Gasteiger partial charge in [0.2, 0.25) is 0 Å². The molecule has 1 aliphatic carbocycles. The van der Waals surface area contributed by atoms with Gasteiger partial charge < -0.3 is 15.4 Å². The fraction of sp³-hybridized carbons (Fsp3) is 0.714. The van der Waals surface area contributed by atoms with Gasteiger partial charge in [0, 0.05) is 6.04 Å². The number of urea groups is 1. The van der Waals surface area contributed by atoms with E-state index in [0.717, 1.165) is 12.8 Å². The van der Waals surface area contributed by atoms with Gasteiger partial charge in [-0.2, -0.15) is 0 Å². The number of hydrogen-bond donors (Lipinski definition) is 2. The number of amides is 2. The van der Waals surface area contributed by atoms with Crippen LogP contribution < -0.4 is 10.6 Å². The molecule has 5 nitrogen and oxygen atoms in total. The van der Waals surface area contributed by atoms with Crippen molar-refractivity contribution in [2.75, 3.05) is 13.7 Å². The molecule has 0 aromatic heterocycles. The molecule has 5 heteroatoms. The van der Waals surface area contributed by atoms with Crippen LogP contribution in [0.15, 0.2) is 0 Å². The molecule has 1 rings (SSSR count). The minimum absolute atomic E-state index is 0.0744. The highest BCUT2D eigenvalue weighted by Crippen LogP contribution is 2.17. The first-order valence-electron chi connectivity index (χ1n) is 3.83. The highest BCUT2D eigenvalue weighted by Gasteiger charge is 2.23. The number of esters is 1. The Morgan fingerprint density at radius 1 is 1.50 bits per heavy atom. The Bertz CT molecular complexity index is 189. The average molecular weight is 172 g/mol. The van der Waals surface area contributed by atoms with Crippen molar-refractivity contribution in [2.45, 2.75) is 18.9 Å². The van der Waals surface area contributed by atoms with Gasteiger partial charge in [-0.1, -0.05) is 0 Å². The number of carbonyl (C=O) groups excluding carboxylic acids is 2. The van der Waals surface area contributed by atoms with Crippen molar-refractivity contribution in [2.24, 2.45) is 0 Å². The molecule has 2 N–H and O–H groups in total. The maximum absolute atomic E-state index is 10.9. The zero-order valence-electron chi connectivity index (χ0n) is 6.92. The van der Waals surface area contributed by atoms with E-state index in [0.29, 0.717) is 6.04 Å². The SMILES string of the molecule is COC(=O)CNC(=O)NC1CC1. The van der Waals surface area contributed by atoms with E-state index in [2.05, 4.69) is 15.4 Å². The fourth-order valence-electron chi connectivity index (χ4n) is 0.689. The van der Waals surface area contributed by atoms with E-state index in [1.165, 1.54) is 7.11 Å². The third-order valence-electron chi connectivity index (χ3n) is 1.53. The zero-order chi connectivity index (χ0) is 8.97. The Morgan fingerprint density at radius 2 is 2.17 bits per heavy atom. The average Bonchev–Trinajstić information content (AvgIpc) is 2.84. The van der Waals surface area contributed by atoms with E-state index in [9.17, 15) is 9.59 Å². The molecule has 12 heavy (non-hydrogen) atoms. The lowest BCUT2D eigenvalue weighted by Gasteiger charge is -2.04. The summed E-state index contributed by atoms with van der Waals surface area (Å²) in [6.07, 6.45) is 2.07. The van der Waals surface area contributed by atoms with Crippen molar-refractivity contribution >= 4 is 12.0 Å². The van der Waals surface area contributed by atoms with E-state index in [4.69, 9.17) is 0 Å². The summed E-state index contributed by atoms with van der Waals surface area (Å²) in [5.41, 5.74) is 0. The molecule has 0 saturated heterocycles. The van der Waals surface area contributed by atoms with Gasteiger partial charge in [-0.25, -0.2) is 4.79 Å². The van der Waals surface area contributed by atoms with Crippen LogP contribution in [0.1, 0.15) is 12.8 Å². The molecule has 0 aliphatic heterocycles. The molecule has 1 saturated carbocycles. The number of carbonyl (C=O) groups is 2. The second-order valence-electron chi connectivity index (χ2n) is 2.68. The Morgan fingerprint density at radius 3 is 2.67 bits per heavy atom. The van der Waals surface area contributed by atoms with E-state index in [1.807, 2.05) is 0 Å². The summed E-state index contributed by atoms with van der Waals surface area (Å²) in [5, 5.41) is 5.06. The first-order chi connectivity index (χ1) is 5.72. The second-order valence-corrected chi connectivity index (χ2v) is 2.68. The maximum atomic E-state index is 10.9. The second kappa shape index (κ2) is 3.94. The predicted octanol–water partition coefficient (Wildman–Crippen LogP) is -0.379. The molecule has 68 valence electrons. The lowest BCUT2D eigenvalue weighted by molar-refractivity contribution is -0.139.